The minimum atomic E-state index is -3.28. The number of nitrogens with zero attached hydrogens (tertiary/aromatic N) is 2. The number of rotatable bonds is 7. The van der Waals surface area contributed by atoms with Gasteiger partial charge in [0.1, 0.15) is 22.8 Å². The molecule has 0 radical (unpaired) electrons. The van der Waals surface area contributed by atoms with Crippen molar-refractivity contribution in [2.45, 2.75) is 51.2 Å². The van der Waals surface area contributed by atoms with E-state index >= 15 is 0 Å². The van der Waals surface area contributed by atoms with Crippen LogP contribution in [0.2, 0.25) is 0 Å². The van der Waals surface area contributed by atoms with E-state index in [4.69, 9.17) is 14.2 Å². The van der Waals surface area contributed by atoms with E-state index in [9.17, 15) is 8.42 Å². The molecule has 0 bridgehead atoms. The van der Waals surface area contributed by atoms with Gasteiger partial charge in [0.2, 0.25) is 5.88 Å². The van der Waals surface area contributed by atoms with Crippen molar-refractivity contribution >= 4 is 9.84 Å². The van der Waals surface area contributed by atoms with Gasteiger partial charge >= 0.3 is 0 Å². The zero-order valence-corrected chi connectivity index (χ0v) is 19.9. The molecule has 2 aromatic carbocycles. The van der Waals surface area contributed by atoms with Crippen LogP contribution >= 0.6 is 0 Å². The van der Waals surface area contributed by atoms with Gasteiger partial charge in [-0.25, -0.2) is 13.4 Å². The summed E-state index contributed by atoms with van der Waals surface area (Å²) in [6.07, 6.45) is 4.35. The van der Waals surface area contributed by atoms with Crippen LogP contribution in [0.25, 0.3) is 11.3 Å². The molecule has 0 amide bonds. The molecule has 0 N–H and O–H groups in total. The molecular formula is C24H28N2O5S. The fourth-order valence-electron chi connectivity index (χ4n) is 2.86. The van der Waals surface area contributed by atoms with Crippen molar-refractivity contribution in [3.8, 4) is 34.4 Å². The van der Waals surface area contributed by atoms with Crippen LogP contribution in [0.1, 0.15) is 34.6 Å². The van der Waals surface area contributed by atoms with Crippen molar-refractivity contribution in [2.24, 2.45) is 0 Å². The molecule has 1 heterocycles. The van der Waals surface area contributed by atoms with Gasteiger partial charge in [-0.05, 0) is 71.0 Å². The van der Waals surface area contributed by atoms with Gasteiger partial charge < -0.3 is 14.2 Å². The van der Waals surface area contributed by atoms with Gasteiger partial charge in [-0.3, -0.25) is 4.98 Å². The molecule has 3 rings (SSSR count). The minimum Gasteiger partial charge on any atom is -0.491 e. The Balaban J connectivity index is 1.96. The Morgan fingerprint density at radius 2 is 1.56 bits per heavy atom. The van der Waals surface area contributed by atoms with Crippen molar-refractivity contribution in [1.29, 1.82) is 0 Å². The predicted molar refractivity (Wildman–Crippen MR) is 123 cm³/mol. The molecular weight excluding hydrogens is 428 g/mol. The van der Waals surface area contributed by atoms with Crippen molar-refractivity contribution in [2.75, 3.05) is 6.26 Å². The van der Waals surface area contributed by atoms with Crippen LogP contribution in [-0.4, -0.2) is 36.3 Å². The summed E-state index contributed by atoms with van der Waals surface area (Å²) < 4.78 is 41.1. The zero-order chi connectivity index (χ0) is 23.5. The molecule has 0 aliphatic rings. The largest absolute Gasteiger partial charge is 0.491 e. The molecule has 170 valence electrons. The van der Waals surface area contributed by atoms with Gasteiger partial charge in [0, 0.05) is 17.9 Å². The number of hydrogen-bond acceptors (Lipinski definition) is 7. The van der Waals surface area contributed by atoms with Gasteiger partial charge in [0.15, 0.2) is 9.84 Å². The highest BCUT2D eigenvalue weighted by Gasteiger charge is 2.15. The first-order valence-electron chi connectivity index (χ1n) is 10.2. The SMILES string of the molecule is CC(C)Oc1cc(Oc2ccc(S(C)(=O)=O)cc2)cc(-c2cncc(OC(C)(C)C)n2)c1. The molecule has 0 fully saturated rings. The fourth-order valence-corrected chi connectivity index (χ4v) is 3.49. The smallest absolute Gasteiger partial charge is 0.233 e. The average Bonchev–Trinajstić information content (AvgIpc) is 2.66. The van der Waals surface area contributed by atoms with Crippen LogP contribution in [-0.2, 0) is 9.84 Å². The van der Waals surface area contributed by atoms with Crippen LogP contribution in [0.15, 0.2) is 59.8 Å². The summed E-state index contributed by atoms with van der Waals surface area (Å²) in [5, 5.41) is 0. The highest BCUT2D eigenvalue weighted by molar-refractivity contribution is 7.90. The maximum atomic E-state index is 11.7. The summed E-state index contributed by atoms with van der Waals surface area (Å²) in [5.74, 6) is 2.06. The summed E-state index contributed by atoms with van der Waals surface area (Å²) in [4.78, 5) is 9.06. The molecule has 0 atom stereocenters. The fraction of sp³-hybridized carbons (Fsp3) is 0.333. The Bertz CT molecular complexity index is 1180. The van der Waals surface area contributed by atoms with Gasteiger partial charge in [-0.15, -0.1) is 0 Å². The molecule has 8 heteroatoms. The zero-order valence-electron chi connectivity index (χ0n) is 19.1. The second-order valence-electron chi connectivity index (χ2n) is 8.66. The summed E-state index contributed by atoms with van der Waals surface area (Å²) in [6.45, 7) is 9.71. The summed E-state index contributed by atoms with van der Waals surface area (Å²) in [7, 11) is -3.28. The van der Waals surface area contributed by atoms with Gasteiger partial charge in [-0.1, -0.05) is 0 Å². The third-order valence-electron chi connectivity index (χ3n) is 4.06. The predicted octanol–water partition coefficient (Wildman–Crippen LogP) is 5.30. The van der Waals surface area contributed by atoms with E-state index in [1.54, 1.807) is 30.6 Å². The summed E-state index contributed by atoms with van der Waals surface area (Å²) in [5.41, 5.74) is 0.957. The van der Waals surface area contributed by atoms with Crippen LogP contribution in [0.4, 0.5) is 0 Å². The van der Waals surface area contributed by atoms with E-state index in [0.29, 0.717) is 28.8 Å². The molecule has 3 aromatic rings. The van der Waals surface area contributed by atoms with Crippen LogP contribution < -0.4 is 14.2 Å². The Morgan fingerprint density at radius 1 is 0.906 bits per heavy atom. The van der Waals surface area contributed by atoms with E-state index in [0.717, 1.165) is 5.56 Å². The minimum absolute atomic E-state index is 0.0335. The standard InChI is InChI=1S/C24H28N2O5S/c1-16(2)29-19-11-17(22-14-25-15-23(26-22)31-24(3,4)5)12-20(13-19)30-18-7-9-21(10-8-18)32(6,27)28/h7-16H,1-6H3. The van der Waals surface area contributed by atoms with Crippen molar-refractivity contribution in [1.82, 2.24) is 9.97 Å². The average molecular weight is 457 g/mol. The Kier molecular flexibility index (Phi) is 6.74. The number of benzene rings is 2. The summed E-state index contributed by atoms with van der Waals surface area (Å²) in [6, 6.07) is 11.7. The quantitative estimate of drug-likeness (QED) is 0.476. The molecule has 7 nitrogen and oxygen atoms in total. The monoisotopic (exact) mass is 456 g/mol. The van der Waals surface area contributed by atoms with E-state index in [-0.39, 0.29) is 11.0 Å². The first-order valence-corrected chi connectivity index (χ1v) is 12.1. The highest BCUT2D eigenvalue weighted by Crippen LogP contribution is 2.33. The lowest BCUT2D eigenvalue weighted by Crippen LogP contribution is -2.23. The van der Waals surface area contributed by atoms with E-state index in [1.807, 2.05) is 46.8 Å². The molecule has 0 aliphatic carbocycles. The van der Waals surface area contributed by atoms with Crippen LogP contribution in [0.5, 0.6) is 23.1 Å². The van der Waals surface area contributed by atoms with Gasteiger partial charge in [0.25, 0.3) is 0 Å². The lowest BCUT2D eigenvalue weighted by Gasteiger charge is -2.20. The second-order valence-corrected chi connectivity index (χ2v) is 10.7. The van der Waals surface area contributed by atoms with Crippen LogP contribution in [0.3, 0.4) is 0 Å². The molecule has 0 saturated heterocycles. The van der Waals surface area contributed by atoms with E-state index in [1.165, 1.54) is 18.4 Å². The Labute approximate surface area is 189 Å². The number of hydrogen-bond donors (Lipinski definition) is 0. The number of sulfone groups is 1. The van der Waals surface area contributed by atoms with Gasteiger partial charge in [0.05, 0.1) is 29.1 Å². The summed E-state index contributed by atoms with van der Waals surface area (Å²) >= 11 is 0. The normalized spacial score (nSPS) is 12.0. The molecule has 0 aliphatic heterocycles. The van der Waals surface area contributed by atoms with E-state index in [2.05, 4.69) is 9.97 Å². The third-order valence-corrected chi connectivity index (χ3v) is 5.19. The molecule has 0 unspecified atom stereocenters. The topological polar surface area (TPSA) is 87.6 Å². The first-order chi connectivity index (χ1) is 14.9. The highest BCUT2D eigenvalue weighted by atomic mass is 32.2. The Hall–Kier alpha value is -3.13. The second kappa shape index (κ2) is 9.16. The Morgan fingerprint density at radius 3 is 2.16 bits per heavy atom. The lowest BCUT2D eigenvalue weighted by atomic mass is 10.1. The number of ether oxygens (including phenoxy) is 3. The van der Waals surface area contributed by atoms with Crippen molar-refractivity contribution in [3.05, 3.63) is 54.9 Å². The number of aromatic nitrogens is 2. The van der Waals surface area contributed by atoms with Crippen molar-refractivity contribution in [3.63, 3.8) is 0 Å². The third kappa shape index (κ3) is 6.68. The van der Waals surface area contributed by atoms with E-state index < -0.39 is 15.4 Å². The lowest BCUT2D eigenvalue weighted by molar-refractivity contribution is 0.123. The molecule has 0 spiro atoms. The first kappa shape index (κ1) is 23.5. The van der Waals surface area contributed by atoms with Crippen LogP contribution in [0, 0.1) is 0 Å². The molecule has 1 aromatic heterocycles. The maximum Gasteiger partial charge on any atom is 0.233 e. The molecule has 32 heavy (non-hydrogen) atoms. The van der Waals surface area contributed by atoms with Gasteiger partial charge in [-0.2, -0.15) is 0 Å². The van der Waals surface area contributed by atoms with Crippen molar-refractivity contribution < 1.29 is 22.6 Å². The molecule has 0 saturated carbocycles. The maximum absolute atomic E-state index is 11.7.